The largest absolute Gasteiger partial charge is 0.469 e. The minimum Gasteiger partial charge on any atom is -0.469 e. The molecule has 0 aliphatic carbocycles. The van der Waals surface area contributed by atoms with Gasteiger partial charge in [-0.25, -0.2) is 23.4 Å². The van der Waals surface area contributed by atoms with E-state index in [-0.39, 0.29) is 24.9 Å². The summed E-state index contributed by atoms with van der Waals surface area (Å²) in [5, 5.41) is 2.52. The number of urea groups is 1. The highest BCUT2D eigenvalue weighted by Crippen LogP contribution is 2.35. The summed E-state index contributed by atoms with van der Waals surface area (Å²) in [6, 6.07) is 0.862. The Balaban J connectivity index is 1.89. The first kappa shape index (κ1) is 22.2. The van der Waals surface area contributed by atoms with Crippen LogP contribution in [-0.4, -0.2) is 59.6 Å². The number of nitrogens with one attached hydrogen (secondary N) is 2. The number of esters is 2. The second-order valence-electron chi connectivity index (χ2n) is 6.90. The van der Waals surface area contributed by atoms with Crippen LogP contribution in [0.3, 0.4) is 0 Å². The van der Waals surface area contributed by atoms with Crippen molar-refractivity contribution >= 4 is 18.0 Å². The normalized spacial score (nSPS) is 16.3. The number of halogens is 2. The Hall–Kier alpha value is -3.50. The molecule has 2 N–H and O–H groups in total. The summed E-state index contributed by atoms with van der Waals surface area (Å²) in [6.07, 6.45) is 1.65. The van der Waals surface area contributed by atoms with Gasteiger partial charge in [-0.15, -0.1) is 0 Å². The second kappa shape index (κ2) is 9.54. The number of aromatic nitrogens is 2. The first-order valence-electron chi connectivity index (χ1n) is 9.55. The van der Waals surface area contributed by atoms with Crippen molar-refractivity contribution in [3.8, 4) is 0 Å². The number of hydrogen-bond donors (Lipinski definition) is 2. The van der Waals surface area contributed by atoms with E-state index >= 15 is 0 Å². The lowest BCUT2D eigenvalue weighted by Crippen LogP contribution is -2.51. The predicted octanol–water partition coefficient (Wildman–Crippen LogP) is 1.84. The SMILES string of the molecule is COC(=O)CC[C@@H](NC(=O)N1CCc2[nH]cnc2[C@@H]1c1cccc(F)c1F)C(=O)OC. The molecule has 11 heteroatoms. The van der Waals surface area contributed by atoms with Crippen molar-refractivity contribution in [2.45, 2.75) is 31.3 Å². The molecule has 1 aromatic carbocycles. The lowest BCUT2D eigenvalue weighted by Gasteiger charge is -2.36. The summed E-state index contributed by atoms with van der Waals surface area (Å²) in [5.41, 5.74) is 1.02. The monoisotopic (exact) mass is 436 g/mol. The minimum absolute atomic E-state index is 0.0500. The summed E-state index contributed by atoms with van der Waals surface area (Å²) in [6.45, 7) is 0.159. The number of nitrogens with zero attached hydrogens (tertiary/aromatic N) is 2. The molecule has 0 unspecified atom stereocenters. The maximum absolute atomic E-state index is 14.6. The van der Waals surface area contributed by atoms with Gasteiger partial charge in [0.1, 0.15) is 12.1 Å². The van der Waals surface area contributed by atoms with Gasteiger partial charge in [-0.1, -0.05) is 12.1 Å². The average molecular weight is 436 g/mol. The van der Waals surface area contributed by atoms with Crippen LogP contribution in [0.1, 0.15) is 35.8 Å². The zero-order valence-electron chi connectivity index (χ0n) is 17.0. The first-order chi connectivity index (χ1) is 14.9. The molecule has 0 saturated carbocycles. The van der Waals surface area contributed by atoms with Gasteiger partial charge in [0.2, 0.25) is 0 Å². The molecule has 2 amide bonds. The number of hydrogen-bond acceptors (Lipinski definition) is 6. The predicted molar refractivity (Wildman–Crippen MR) is 103 cm³/mol. The van der Waals surface area contributed by atoms with E-state index in [1.807, 2.05) is 0 Å². The van der Waals surface area contributed by atoms with E-state index < -0.39 is 41.7 Å². The van der Waals surface area contributed by atoms with Crippen LogP contribution in [0, 0.1) is 11.6 Å². The molecule has 2 aromatic rings. The number of fused-ring (bicyclic) bond motifs is 1. The molecule has 166 valence electrons. The Labute approximate surface area is 176 Å². The number of carbonyl (C=O) groups is 3. The molecule has 0 saturated heterocycles. The molecule has 0 radical (unpaired) electrons. The van der Waals surface area contributed by atoms with Gasteiger partial charge in [0.25, 0.3) is 0 Å². The van der Waals surface area contributed by atoms with Crippen molar-refractivity contribution in [1.82, 2.24) is 20.2 Å². The molecule has 1 aliphatic heterocycles. The highest BCUT2D eigenvalue weighted by Gasteiger charge is 2.37. The molecule has 1 aliphatic rings. The Bertz CT molecular complexity index is 980. The number of rotatable bonds is 6. The van der Waals surface area contributed by atoms with Crippen LogP contribution in [-0.2, 0) is 25.5 Å². The fourth-order valence-corrected chi connectivity index (χ4v) is 3.53. The van der Waals surface area contributed by atoms with E-state index in [4.69, 9.17) is 4.74 Å². The summed E-state index contributed by atoms with van der Waals surface area (Å²) >= 11 is 0. The maximum Gasteiger partial charge on any atom is 0.328 e. The zero-order valence-corrected chi connectivity index (χ0v) is 17.0. The van der Waals surface area contributed by atoms with Gasteiger partial charge in [-0.3, -0.25) is 4.79 Å². The molecule has 9 nitrogen and oxygen atoms in total. The van der Waals surface area contributed by atoms with Crippen LogP contribution in [0.25, 0.3) is 0 Å². The number of benzene rings is 1. The molecular weight excluding hydrogens is 414 g/mol. The fraction of sp³-hybridized carbons (Fsp3) is 0.400. The second-order valence-corrected chi connectivity index (χ2v) is 6.90. The number of carbonyl (C=O) groups excluding carboxylic acids is 3. The molecule has 0 fully saturated rings. The summed E-state index contributed by atoms with van der Waals surface area (Å²) < 4.78 is 37.8. The van der Waals surface area contributed by atoms with E-state index in [1.165, 1.54) is 30.5 Å². The molecule has 31 heavy (non-hydrogen) atoms. The van der Waals surface area contributed by atoms with Gasteiger partial charge >= 0.3 is 18.0 Å². The van der Waals surface area contributed by atoms with Crippen molar-refractivity contribution in [2.24, 2.45) is 0 Å². The lowest BCUT2D eigenvalue weighted by atomic mass is 9.95. The topological polar surface area (TPSA) is 114 Å². The van der Waals surface area contributed by atoms with Crippen molar-refractivity contribution in [1.29, 1.82) is 0 Å². The van der Waals surface area contributed by atoms with E-state index in [1.54, 1.807) is 0 Å². The maximum atomic E-state index is 14.6. The van der Waals surface area contributed by atoms with Gasteiger partial charge in [-0.2, -0.15) is 0 Å². The van der Waals surface area contributed by atoms with Crippen molar-refractivity contribution < 1.29 is 32.6 Å². The van der Waals surface area contributed by atoms with Gasteiger partial charge < -0.3 is 24.7 Å². The van der Waals surface area contributed by atoms with Crippen molar-refractivity contribution in [3.63, 3.8) is 0 Å². The molecule has 2 heterocycles. The van der Waals surface area contributed by atoms with Crippen LogP contribution in [0.4, 0.5) is 13.6 Å². The number of aromatic amines is 1. The number of ether oxygens (including phenoxy) is 2. The highest BCUT2D eigenvalue weighted by atomic mass is 19.2. The van der Waals surface area contributed by atoms with Crippen molar-refractivity contribution in [2.75, 3.05) is 20.8 Å². The van der Waals surface area contributed by atoms with Crippen LogP contribution >= 0.6 is 0 Å². The first-order valence-corrected chi connectivity index (χ1v) is 9.55. The van der Waals surface area contributed by atoms with E-state index in [2.05, 4.69) is 20.0 Å². The molecule has 2 atom stereocenters. The molecule has 3 rings (SSSR count). The van der Waals surface area contributed by atoms with Crippen LogP contribution in [0.15, 0.2) is 24.5 Å². The number of methoxy groups -OCH3 is 2. The van der Waals surface area contributed by atoms with Gasteiger partial charge in [0.15, 0.2) is 11.6 Å². The van der Waals surface area contributed by atoms with Gasteiger partial charge in [0, 0.05) is 30.6 Å². The molecule has 1 aromatic heterocycles. The Morgan fingerprint density at radius 2 is 2.06 bits per heavy atom. The third kappa shape index (κ3) is 4.65. The van der Waals surface area contributed by atoms with E-state index in [0.29, 0.717) is 17.8 Å². The molecular formula is C20H22F2N4O5. The lowest BCUT2D eigenvalue weighted by molar-refractivity contribution is -0.144. The fourth-order valence-electron chi connectivity index (χ4n) is 3.53. The van der Waals surface area contributed by atoms with Crippen LogP contribution in [0.5, 0.6) is 0 Å². The van der Waals surface area contributed by atoms with Crippen LogP contribution in [0.2, 0.25) is 0 Å². The summed E-state index contributed by atoms with van der Waals surface area (Å²) in [4.78, 5) is 45.1. The Kier molecular flexibility index (Phi) is 6.83. The summed E-state index contributed by atoms with van der Waals surface area (Å²) in [5.74, 6) is -3.44. The van der Waals surface area contributed by atoms with Gasteiger partial charge in [0.05, 0.1) is 26.2 Å². The Morgan fingerprint density at radius 3 is 2.77 bits per heavy atom. The standard InChI is InChI=1S/C20H22F2N4O5/c1-30-15(27)7-6-14(19(28)31-2)25-20(29)26-9-8-13-17(24-10-23-13)18(26)11-4-3-5-12(21)16(11)22/h3-5,10,14,18H,6-9H2,1-2H3,(H,23,24)(H,25,29)/t14-,18+/m1/s1. The van der Waals surface area contributed by atoms with Crippen molar-refractivity contribution in [3.05, 3.63) is 53.1 Å². The van der Waals surface area contributed by atoms with Gasteiger partial charge in [-0.05, 0) is 12.5 Å². The highest BCUT2D eigenvalue weighted by molar-refractivity contribution is 5.84. The average Bonchev–Trinajstić information content (AvgIpc) is 3.26. The Morgan fingerprint density at radius 1 is 1.29 bits per heavy atom. The van der Waals surface area contributed by atoms with Crippen LogP contribution < -0.4 is 5.32 Å². The molecule has 0 spiro atoms. The summed E-state index contributed by atoms with van der Waals surface area (Å²) in [7, 11) is 2.36. The quantitative estimate of drug-likeness (QED) is 0.668. The third-order valence-corrected chi connectivity index (χ3v) is 5.11. The number of amides is 2. The third-order valence-electron chi connectivity index (χ3n) is 5.11. The number of H-pyrrole nitrogens is 1. The minimum atomic E-state index is -1.13. The number of imidazole rings is 1. The van der Waals surface area contributed by atoms with E-state index in [9.17, 15) is 23.2 Å². The zero-order chi connectivity index (χ0) is 22.5. The van der Waals surface area contributed by atoms with E-state index in [0.717, 1.165) is 13.2 Å². The molecule has 0 bridgehead atoms. The smallest absolute Gasteiger partial charge is 0.328 e.